The van der Waals surface area contributed by atoms with E-state index in [1.807, 2.05) is 31.2 Å². The topological polar surface area (TPSA) is 79.5 Å². The third-order valence-corrected chi connectivity index (χ3v) is 4.60. The Balaban J connectivity index is 1.85. The summed E-state index contributed by atoms with van der Waals surface area (Å²) in [6.45, 7) is 7.02. The number of halogens is 1. The van der Waals surface area contributed by atoms with Crippen LogP contribution in [0.3, 0.4) is 0 Å². The lowest BCUT2D eigenvalue weighted by Gasteiger charge is -2.12. The molecule has 2 aromatic carbocycles. The van der Waals surface area contributed by atoms with Crippen LogP contribution in [0.15, 0.2) is 42.5 Å². The zero-order valence-electron chi connectivity index (χ0n) is 17.8. The van der Waals surface area contributed by atoms with Crippen LogP contribution in [0.4, 0.5) is 17.1 Å². The number of carbonyl (C=O) groups excluding carboxylic acids is 2. The Kier molecular flexibility index (Phi) is 9.48. The lowest BCUT2D eigenvalue weighted by Crippen LogP contribution is -2.22. The fourth-order valence-corrected chi connectivity index (χ4v) is 2.77. The molecule has 0 unspecified atom stereocenters. The van der Waals surface area contributed by atoms with Crippen LogP contribution in [0, 0.1) is 5.92 Å². The summed E-state index contributed by atoms with van der Waals surface area (Å²) in [6, 6.07) is 12.5. The van der Waals surface area contributed by atoms with Crippen molar-refractivity contribution in [3.8, 4) is 5.75 Å². The maximum absolute atomic E-state index is 12.3. The summed E-state index contributed by atoms with van der Waals surface area (Å²) in [5.74, 6) is 1.09. The summed E-state index contributed by atoms with van der Waals surface area (Å²) < 4.78 is 5.69. The van der Waals surface area contributed by atoms with E-state index in [4.69, 9.17) is 16.3 Å². The molecule has 0 spiro atoms. The summed E-state index contributed by atoms with van der Waals surface area (Å²) in [7, 11) is 0. The lowest BCUT2D eigenvalue weighted by atomic mass is 10.1. The van der Waals surface area contributed by atoms with E-state index in [2.05, 4.69) is 29.8 Å². The fourth-order valence-electron chi connectivity index (χ4n) is 2.61. The molecule has 2 amide bonds. The van der Waals surface area contributed by atoms with Gasteiger partial charge in [0.1, 0.15) is 5.75 Å². The summed E-state index contributed by atoms with van der Waals surface area (Å²) in [6.07, 6.45) is 2.21. The quantitative estimate of drug-likeness (QED) is 0.435. The predicted octanol–water partition coefficient (Wildman–Crippen LogP) is 5.55. The van der Waals surface area contributed by atoms with Gasteiger partial charge in [-0.3, -0.25) is 9.59 Å². The summed E-state index contributed by atoms with van der Waals surface area (Å²) >= 11 is 6.17. The SMILES string of the molecule is CCCC(=O)Nc1ccc(Cl)c(NC(=O)CNc2ccc(OCCC(C)C)cc2)c1. The van der Waals surface area contributed by atoms with Crippen LogP contribution < -0.4 is 20.7 Å². The van der Waals surface area contributed by atoms with E-state index >= 15 is 0 Å². The minimum Gasteiger partial charge on any atom is -0.494 e. The Morgan fingerprint density at radius 2 is 1.70 bits per heavy atom. The molecule has 0 radical (unpaired) electrons. The van der Waals surface area contributed by atoms with Crippen molar-refractivity contribution in [3.63, 3.8) is 0 Å². The Morgan fingerprint density at radius 1 is 1.00 bits per heavy atom. The average molecular weight is 432 g/mol. The standard InChI is InChI=1S/C23H30ClN3O3/c1-4-5-22(28)26-18-8-11-20(24)21(14-18)27-23(29)15-25-17-6-9-19(10-7-17)30-13-12-16(2)3/h6-11,14,16,25H,4-5,12-13,15H2,1-3H3,(H,26,28)(H,27,29). The monoisotopic (exact) mass is 431 g/mol. The van der Waals surface area contributed by atoms with E-state index in [9.17, 15) is 9.59 Å². The van der Waals surface area contributed by atoms with Crippen molar-refractivity contribution in [1.82, 2.24) is 0 Å². The van der Waals surface area contributed by atoms with Crippen LogP contribution in [0.5, 0.6) is 5.75 Å². The van der Waals surface area contributed by atoms with Gasteiger partial charge in [0.05, 0.1) is 23.9 Å². The van der Waals surface area contributed by atoms with Crippen molar-refractivity contribution >= 4 is 40.5 Å². The Morgan fingerprint density at radius 3 is 2.37 bits per heavy atom. The highest BCUT2D eigenvalue weighted by Gasteiger charge is 2.09. The molecule has 0 fully saturated rings. The maximum Gasteiger partial charge on any atom is 0.243 e. The maximum atomic E-state index is 12.3. The lowest BCUT2D eigenvalue weighted by molar-refractivity contribution is -0.116. The van der Waals surface area contributed by atoms with Crippen LogP contribution in [0.1, 0.15) is 40.0 Å². The van der Waals surface area contributed by atoms with Crippen molar-refractivity contribution in [2.24, 2.45) is 5.92 Å². The van der Waals surface area contributed by atoms with Gasteiger partial charge in [0.2, 0.25) is 11.8 Å². The van der Waals surface area contributed by atoms with E-state index in [1.54, 1.807) is 18.2 Å². The molecule has 162 valence electrons. The highest BCUT2D eigenvalue weighted by Crippen LogP contribution is 2.26. The molecule has 2 aromatic rings. The van der Waals surface area contributed by atoms with Gasteiger partial charge in [-0.1, -0.05) is 32.4 Å². The van der Waals surface area contributed by atoms with Gasteiger partial charge in [-0.2, -0.15) is 0 Å². The number of anilines is 3. The minimum atomic E-state index is -0.244. The van der Waals surface area contributed by atoms with Gasteiger partial charge in [-0.05, 0) is 61.2 Å². The van der Waals surface area contributed by atoms with E-state index in [-0.39, 0.29) is 18.4 Å². The van der Waals surface area contributed by atoms with Crippen LogP contribution in [0.25, 0.3) is 0 Å². The Hall–Kier alpha value is -2.73. The van der Waals surface area contributed by atoms with Gasteiger partial charge in [-0.25, -0.2) is 0 Å². The molecule has 0 saturated carbocycles. The van der Waals surface area contributed by atoms with Crippen molar-refractivity contribution in [3.05, 3.63) is 47.5 Å². The van der Waals surface area contributed by atoms with E-state index < -0.39 is 0 Å². The molecule has 0 saturated heterocycles. The van der Waals surface area contributed by atoms with Gasteiger partial charge in [0, 0.05) is 17.8 Å². The number of hydrogen-bond donors (Lipinski definition) is 3. The van der Waals surface area contributed by atoms with Crippen molar-refractivity contribution in [1.29, 1.82) is 0 Å². The zero-order chi connectivity index (χ0) is 21.9. The first-order valence-corrected chi connectivity index (χ1v) is 10.6. The van der Waals surface area contributed by atoms with E-state index in [0.717, 1.165) is 24.3 Å². The molecule has 0 aliphatic heterocycles. The fraction of sp³-hybridized carbons (Fsp3) is 0.391. The molecule has 6 nitrogen and oxygen atoms in total. The van der Waals surface area contributed by atoms with Crippen LogP contribution >= 0.6 is 11.6 Å². The average Bonchev–Trinajstić information content (AvgIpc) is 2.70. The number of benzene rings is 2. The number of ether oxygens (including phenoxy) is 1. The van der Waals surface area contributed by atoms with E-state index in [0.29, 0.717) is 35.3 Å². The van der Waals surface area contributed by atoms with Gasteiger partial charge in [0.15, 0.2) is 0 Å². The summed E-state index contributed by atoms with van der Waals surface area (Å²) in [5, 5.41) is 9.03. The number of rotatable bonds is 11. The van der Waals surface area contributed by atoms with Crippen molar-refractivity contribution in [2.45, 2.75) is 40.0 Å². The number of amides is 2. The molecule has 0 bridgehead atoms. The first-order valence-electron chi connectivity index (χ1n) is 10.2. The Bertz CT molecular complexity index is 838. The van der Waals surface area contributed by atoms with Gasteiger partial charge in [-0.15, -0.1) is 0 Å². The van der Waals surface area contributed by atoms with Crippen LogP contribution in [-0.4, -0.2) is 25.0 Å². The molecule has 2 rings (SSSR count). The summed E-state index contributed by atoms with van der Waals surface area (Å²) in [4.78, 5) is 24.1. The number of carbonyl (C=O) groups is 2. The molecule has 0 aliphatic carbocycles. The second-order valence-electron chi connectivity index (χ2n) is 7.45. The first kappa shape index (κ1) is 23.5. The summed E-state index contributed by atoms with van der Waals surface area (Å²) in [5.41, 5.74) is 1.86. The molecule has 0 aliphatic rings. The third-order valence-electron chi connectivity index (χ3n) is 4.27. The van der Waals surface area contributed by atoms with Crippen LogP contribution in [0.2, 0.25) is 5.02 Å². The first-order chi connectivity index (χ1) is 14.4. The van der Waals surface area contributed by atoms with Gasteiger partial charge in [0.25, 0.3) is 0 Å². The molecular formula is C23H30ClN3O3. The molecule has 30 heavy (non-hydrogen) atoms. The normalized spacial score (nSPS) is 10.6. The zero-order valence-corrected chi connectivity index (χ0v) is 18.5. The Labute approximate surface area is 183 Å². The molecule has 0 atom stereocenters. The molecule has 0 heterocycles. The minimum absolute atomic E-state index is 0.0737. The highest BCUT2D eigenvalue weighted by molar-refractivity contribution is 6.33. The highest BCUT2D eigenvalue weighted by atomic mass is 35.5. The molecule has 0 aromatic heterocycles. The third kappa shape index (κ3) is 8.33. The van der Waals surface area contributed by atoms with Crippen molar-refractivity contribution < 1.29 is 14.3 Å². The second-order valence-corrected chi connectivity index (χ2v) is 7.86. The number of hydrogen-bond acceptors (Lipinski definition) is 4. The smallest absolute Gasteiger partial charge is 0.243 e. The van der Waals surface area contributed by atoms with Gasteiger partial charge >= 0.3 is 0 Å². The van der Waals surface area contributed by atoms with E-state index in [1.165, 1.54) is 0 Å². The second kappa shape index (κ2) is 12.1. The number of nitrogens with one attached hydrogen (secondary N) is 3. The van der Waals surface area contributed by atoms with Crippen LogP contribution in [-0.2, 0) is 9.59 Å². The van der Waals surface area contributed by atoms with Gasteiger partial charge < -0.3 is 20.7 Å². The van der Waals surface area contributed by atoms with Crippen molar-refractivity contribution in [2.75, 3.05) is 29.1 Å². The predicted molar refractivity (Wildman–Crippen MR) is 124 cm³/mol. The molecular weight excluding hydrogens is 402 g/mol. The molecule has 3 N–H and O–H groups in total. The largest absolute Gasteiger partial charge is 0.494 e. The molecule has 7 heteroatoms.